The van der Waals surface area contributed by atoms with E-state index in [4.69, 9.17) is 11.6 Å². The molecule has 1 fully saturated rings. The maximum atomic E-state index is 13.2. The summed E-state index contributed by atoms with van der Waals surface area (Å²) in [6.45, 7) is 1.44. The molecule has 1 aliphatic heterocycles. The van der Waals surface area contributed by atoms with E-state index in [1.165, 1.54) is 12.1 Å². The average Bonchev–Trinajstić information content (AvgIpc) is 2.80. The fourth-order valence-electron chi connectivity index (χ4n) is 2.24. The first-order valence-corrected chi connectivity index (χ1v) is 7.25. The Bertz CT molecular complexity index is 455. The van der Waals surface area contributed by atoms with Crippen molar-refractivity contribution in [2.24, 2.45) is 5.92 Å². The summed E-state index contributed by atoms with van der Waals surface area (Å²) >= 11 is 9.00. The van der Waals surface area contributed by atoms with Gasteiger partial charge in [0.05, 0.1) is 5.56 Å². The smallest absolute Gasteiger partial charge is 0.255 e. The van der Waals surface area contributed by atoms with Crippen LogP contribution in [-0.4, -0.2) is 29.8 Å². The van der Waals surface area contributed by atoms with Gasteiger partial charge in [-0.2, -0.15) is 0 Å². The molecule has 0 saturated carbocycles. The lowest BCUT2D eigenvalue weighted by Crippen LogP contribution is -2.29. The standard InChI is InChI=1S/C13H14BrClFNO/c14-12-2-1-10(16)7-11(12)13(18)17-6-4-9(8-17)3-5-15/h1-2,7,9H,3-6,8H2. The predicted molar refractivity (Wildman–Crippen MR) is 73.4 cm³/mol. The molecule has 1 saturated heterocycles. The van der Waals surface area contributed by atoms with Crippen LogP contribution in [0.2, 0.25) is 0 Å². The van der Waals surface area contributed by atoms with Crippen LogP contribution in [0.3, 0.4) is 0 Å². The van der Waals surface area contributed by atoms with Gasteiger partial charge >= 0.3 is 0 Å². The van der Waals surface area contributed by atoms with Gasteiger partial charge in [-0.3, -0.25) is 4.79 Å². The molecule has 0 aromatic heterocycles. The first-order valence-electron chi connectivity index (χ1n) is 5.92. The molecular weight excluding hydrogens is 321 g/mol. The van der Waals surface area contributed by atoms with Gasteiger partial charge < -0.3 is 4.90 Å². The van der Waals surface area contributed by atoms with Crippen molar-refractivity contribution in [3.63, 3.8) is 0 Å². The van der Waals surface area contributed by atoms with Crippen LogP contribution in [0, 0.1) is 11.7 Å². The molecule has 5 heteroatoms. The molecule has 0 bridgehead atoms. The van der Waals surface area contributed by atoms with Crippen LogP contribution in [0.25, 0.3) is 0 Å². The minimum absolute atomic E-state index is 0.113. The zero-order valence-corrected chi connectivity index (χ0v) is 12.2. The number of nitrogens with zero attached hydrogens (tertiary/aromatic N) is 1. The van der Waals surface area contributed by atoms with E-state index < -0.39 is 5.82 Å². The number of benzene rings is 1. The van der Waals surface area contributed by atoms with Crippen LogP contribution in [0.4, 0.5) is 4.39 Å². The molecule has 2 rings (SSSR count). The molecule has 0 radical (unpaired) electrons. The van der Waals surface area contributed by atoms with Gasteiger partial charge in [0.15, 0.2) is 0 Å². The second kappa shape index (κ2) is 6.02. The van der Waals surface area contributed by atoms with E-state index in [0.29, 0.717) is 28.4 Å². The van der Waals surface area contributed by atoms with Crippen LogP contribution < -0.4 is 0 Å². The van der Waals surface area contributed by atoms with Crippen LogP contribution in [0.15, 0.2) is 22.7 Å². The highest BCUT2D eigenvalue weighted by Crippen LogP contribution is 2.25. The summed E-state index contributed by atoms with van der Waals surface area (Å²) in [6.07, 6.45) is 1.90. The van der Waals surface area contributed by atoms with Crippen molar-refractivity contribution in [3.05, 3.63) is 34.1 Å². The second-order valence-electron chi connectivity index (χ2n) is 4.51. The Morgan fingerprint density at radius 3 is 3.06 bits per heavy atom. The fourth-order valence-corrected chi connectivity index (χ4v) is 2.96. The summed E-state index contributed by atoms with van der Waals surface area (Å²) < 4.78 is 13.8. The van der Waals surface area contributed by atoms with Gasteiger partial charge in [-0.1, -0.05) is 0 Å². The third kappa shape index (κ3) is 3.04. The van der Waals surface area contributed by atoms with Gasteiger partial charge in [-0.05, 0) is 52.9 Å². The Labute approximate surface area is 119 Å². The quantitative estimate of drug-likeness (QED) is 0.772. The van der Waals surface area contributed by atoms with E-state index in [0.717, 1.165) is 19.4 Å². The monoisotopic (exact) mass is 333 g/mol. The molecule has 18 heavy (non-hydrogen) atoms. The largest absolute Gasteiger partial charge is 0.338 e. The molecule has 0 N–H and O–H groups in total. The van der Waals surface area contributed by atoms with E-state index in [9.17, 15) is 9.18 Å². The minimum atomic E-state index is -0.391. The van der Waals surface area contributed by atoms with E-state index in [2.05, 4.69) is 15.9 Å². The van der Waals surface area contributed by atoms with Crippen LogP contribution in [-0.2, 0) is 0 Å². The van der Waals surface area contributed by atoms with Crippen LogP contribution in [0.5, 0.6) is 0 Å². The Morgan fingerprint density at radius 1 is 1.56 bits per heavy atom. The number of carbonyl (C=O) groups is 1. The summed E-state index contributed by atoms with van der Waals surface area (Å²) in [5.41, 5.74) is 0.390. The third-order valence-corrected chi connectivity index (χ3v) is 4.16. The molecule has 1 atom stereocenters. The highest BCUT2D eigenvalue weighted by molar-refractivity contribution is 9.10. The summed E-state index contributed by atoms with van der Waals surface area (Å²) in [5, 5.41) is 0. The van der Waals surface area contributed by atoms with Gasteiger partial charge in [0.2, 0.25) is 0 Å². The predicted octanol–water partition coefficient (Wildman–Crippen LogP) is 3.68. The highest BCUT2D eigenvalue weighted by Gasteiger charge is 2.27. The zero-order chi connectivity index (χ0) is 13.1. The maximum Gasteiger partial charge on any atom is 0.255 e. The number of alkyl halides is 1. The first kappa shape index (κ1) is 13.8. The zero-order valence-electron chi connectivity index (χ0n) is 9.83. The molecule has 1 amide bonds. The highest BCUT2D eigenvalue weighted by atomic mass is 79.9. The lowest BCUT2D eigenvalue weighted by molar-refractivity contribution is 0.0785. The van der Waals surface area contributed by atoms with Crippen molar-refractivity contribution in [2.45, 2.75) is 12.8 Å². The molecule has 0 aliphatic carbocycles. The van der Waals surface area contributed by atoms with Crippen LogP contribution in [0.1, 0.15) is 23.2 Å². The molecule has 1 aliphatic rings. The van der Waals surface area contributed by atoms with E-state index in [1.807, 2.05) is 0 Å². The molecule has 2 nitrogen and oxygen atoms in total. The van der Waals surface area contributed by atoms with Crippen molar-refractivity contribution >= 4 is 33.4 Å². The topological polar surface area (TPSA) is 20.3 Å². The summed E-state index contributed by atoms with van der Waals surface area (Å²) in [7, 11) is 0. The van der Waals surface area contributed by atoms with Crippen molar-refractivity contribution in [1.29, 1.82) is 0 Å². The summed E-state index contributed by atoms with van der Waals surface area (Å²) in [6, 6.07) is 4.18. The summed E-state index contributed by atoms with van der Waals surface area (Å²) in [5.74, 6) is 0.589. The number of amides is 1. The molecule has 0 spiro atoms. The molecule has 1 aromatic carbocycles. The number of hydrogen-bond acceptors (Lipinski definition) is 1. The number of hydrogen-bond donors (Lipinski definition) is 0. The third-order valence-electron chi connectivity index (χ3n) is 3.25. The lowest BCUT2D eigenvalue weighted by atomic mass is 10.1. The van der Waals surface area contributed by atoms with E-state index >= 15 is 0 Å². The SMILES string of the molecule is O=C(c1cc(F)ccc1Br)N1CCC(CCCl)C1. The summed E-state index contributed by atoms with van der Waals surface area (Å²) in [4.78, 5) is 14.0. The van der Waals surface area contributed by atoms with E-state index in [-0.39, 0.29) is 5.91 Å². The Balaban J connectivity index is 2.10. The minimum Gasteiger partial charge on any atom is -0.338 e. The van der Waals surface area contributed by atoms with Gasteiger partial charge in [-0.15, -0.1) is 11.6 Å². The Hall–Kier alpha value is -0.610. The Morgan fingerprint density at radius 2 is 2.33 bits per heavy atom. The fraction of sp³-hybridized carbons (Fsp3) is 0.462. The average molecular weight is 335 g/mol. The van der Waals surface area contributed by atoms with Gasteiger partial charge in [0.25, 0.3) is 5.91 Å². The number of rotatable bonds is 3. The van der Waals surface area contributed by atoms with E-state index in [1.54, 1.807) is 11.0 Å². The van der Waals surface area contributed by atoms with Gasteiger partial charge in [-0.25, -0.2) is 4.39 Å². The van der Waals surface area contributed by atoms with Crippen molar-refractivity contribution in [2.75, 3.05) is 19.0 Å². The first-order chi connectivity index (χ1) is 8.61. The maximum absolute atomic E-state index is 13.2. The molecule has 1 unspecified atom stereocenters. The molecule has 1 heterocycles. The lowest BCUT2D eigenvalue weighted by Gasteiger charge is -2.17. The number of halogens is 3. The van der Waals surface area contributed by atoms with Crippen molar-refractivity contribution in [3.8, 4) is 0 Å². The number of carbonyl (C=O) groups excluding carboxylic acids is 1. The van der Waals surface area contributed by atoms with Crippen molar-refractivity contribution in [1.82, 2.24) is 4.90 Å². The molecular formula is C13H14BrClFNO. The van der Waals surface area contributed by atoms with Gasteiger partial charge in [0.1, 0.15) is 5.82 Å². The molecule has 98 valence electrons. The van der Waals surface area contributed by atoms with Crippen LogP contribution >= 0.6 is 27.5 Å². The van der Waals surface area contributed by atoms with Gasteiger partial charge in [0, 0.05) is 23.4 Å². The molecule has 1 aromatic rings. The Kier molecular flexibility index (Phi) is 4.62. The van der Waals surface area contributed by atoms with Crippen molar-refractivity contribution < 1.29 is 9.18 Å². The number of likely N-dealkylation sites (tertiary alicyclic amines) is 1. The second-order valence-corrected chi connectivity index (χ2v) is 5.74. The normalized spacial score (nSPS) is 19.3.